The molecule has 0 aliphatic rings. The molecule has 4 nitrogen and oxygen atoms in total. The molecule has 2 N–H and O–H groups in total. The minimum Gasteiger partial charge on any atom is -1.00 e. The van der Waals surface area contributed by atoms with Gasteiger partial charge in [-0.3, -0.25) is 0 Å². The summed E-state index contributed by atoms with van der Waals surface area (Å²) in [6.45, 7) is 8.31. The lowest BCUT2D eigenvalue weighted by Crippen LogP contribution is -3.00. The summed E-state index contributed by atoms with van der Waals surface area (Å²) in [6, 6.07) is 13.3. The van der Waals surface area contributed by atoms with Gasteiger partial charge in [-0.25, -0.2) is 4.39 Å². The summed E-state index contributed by atoms with van der Waals surface area (Å²) in [5.41, 5.74) is 5.21. The van der Waals surface area contributed by atoms with Gasteiger partial charge in [0.1, 0.15) is 18.4 Å². The highest BCUT2D eigenvalue weighted by Crippen LogP contribution is 2.33. The van der Waals surface area contributed by atoms with Crippen molar-refractivity contribution >= 4 is 38.5 Å². The largest absolute Gasteiger partial charge is 1.00 e. The normalized spacial score (nSPS) is 11.5. The number of benzene rings is 2. The van der Waals surface area contributed by atoms with Crippen molar-refractivity contribution in [1.82, 2.24) is 9.88 Å². The zero-order chi connectivity index (χ0) is 19.0. The number of anilines is 1. The van der Waals surface area contributed by atoms with E-state index in [9.17, 15) is 4.39 Å². The van der Waals surface area contributed by atoms with Gasteiger partial charge in [-0.05, 0) is 37.4 Å². The van der Waals surface area contributed by atoms with Crippen molar-refractivity contribution in [2.45, 2.75) is 13.8 Å². The molecule has 0 saturated heterocycles. The van der Waals surface area contributed by atoms with Gasteiger partial charge in [-0.15, -0.1) is 0 Å². The Morgan fingerprint density at radius 2 is 1.82 bits per heavy atom. The zero-order valence-electron chi connectivity index (χ0n) is 16.5. The second kappa shape index (κ2) is 8.61. The predicted molar refractivity (Wildman–Crippen MR) is 111 cm³/mol. The number of aromatic nitrogens is 2. The summed E-state index contributed by atoms with van der Waals surface area (Å²) >= 11 is 0. The number of nitrogens with one attached hydrogen (secondary N) is 2. The topological polar surface area (TPSA) is 34.9 Å². The number of aromatic amines is 1. The number of halogens is 2. The van der Waals surface area contributed by atoms with Crippen molar-refractivity contribution in [3.05, 3.63) is 48.3 Å². The number of rotatable bonds is 6. The van der Waals surface area contributed by atoms with Crippen LogP contribution in [0.5, 0.6) is 0 Å². The van der Waals surface area contributed by atoms with Crippen molar-refractivity contribution in [1.29, 1.82) is 0 Å². The van der Waals surface area contributed by atoms with E-state index in [4.69, 9.17) is 0 Å². The summed E-state index contributed by atoms with van der Waals surface area (Å²) in [5.74, 6) is -0.215. The summed E-state index contributed by atoms with van der Waals surface area (Å²) in [7, 11) is 2.04. The molecule has 2 aromatic carbocycles. The summed E-state index contributed by atoms with van der Waals surface area (Å²) in [6.07, 6.45) is 0. The molecule has 2 heterocycles. The van der Waals surface area contributed by atoms with Gasteiger partial charge in [-0.1, -0.05) is 26.0 Å². The van der Waals surface area contributed by atoms with Crippen molar-refractivity contribution in [3.63, 3.8) is 0 Å². The van der Waals surface area contributed by atoms with E-state index in [1.165, 1.54) is 11.5 Å². The quantitative estimate of drug-likeness (QED) is 0.314. The van der Waals surface area contributed by atoms with Gasteiger partial charge in [0, 0.05) is 19.2 Å². The SMILES string of the molecule is CCN(CC)CCNc1c2ccccc2[n+](C)c2c1[nH]c1ccc(F)cc12.[I-]. The predicted octanol–water partition coefficient (Wildman–Crippen LogP) is 1.20. The fraction of sp³-hybridized carbons (Fsp3) is 0.318. The maximum atomic E-state index is 13.9. The number of aryl methyl sites for hydroxylation is 1. The van der Waals surface area contributed by atoms with Crippen molar-refractivity contribution in [2.24, 2.45) is 7.05 Å². The Morgan fingerprint density at radius 3 is 2.57 bits per heavy atom. The second-order valence-corrected chi connectivity index (χ2v) is 6.94. The van der Waals surface area contributed by atoms with E-state index >= 15 is 0 Å². The van der Waals surface area contributed by atoms with Crippen LogP contribution in [-0.4, -0.2) is 36.1 Å². The van der Waals surface area contributed by atoms with Crippen LogP contribution >= 0.6 is 0 Å². The first kappa shape index (κ1) is 20.8. The number of H-pyrrole nitrogens is 1. The molecule has 0 saturated carbocycles. The molecule has 4 rings (SSSR count). The molecule has 2 aromatic heterocycles. The van der Waals surface area contributed by atoms with Crippen LogP contribution in [0.15, 0.2) is 42.5 Å². The molecular weight excluding hydrogens is 466 g/mol. The van der Waals surface area contributed by atoms with E-state index in [1.807, 2.05) is 19.2 Å². The summed E-state index contributed by atoms with van der Waals surface area (Å²) in [4.78, 5) is 5.91. The lowest BCUT2D eigenvalue weighted by molar-refractivity contribution is -0.616. The molecule has 0 amide bonds. The number of fused-ring (bicyclic) bond motifs is 4. The third kappa shape index (κ3) is 3.55. The van der Waals surface area contributed by atoms with E-state index in [1.54, 1.807) is 6.07 Å². The van der Waals surface area contributed by atoms with Gasteiger partial charge in [0.05, 0.1) is 22.0 Å². The molecule has 0 spiro atoms. The lowest BCUT2D eigenvalue weighted by atomic mass is 10.1. The molecule has 0 atom stereocenters. The highest BCUT2D eigenvalue weighted by atomic mass is 127. The van der Waals surface area contributed by atoms with Gasteiger partial charge in [0.15, 0.2) is 0 Å². The molecular formula is C22H26FIN4. The Hall–Kier alpha value is -1.93. The number of para-hydroxylation sites is 1. The maximum Gasteiger partial charge on any atom is 0.240 e. The number of nitrogens with zero attached hydrogens (tertiary/aromatic N) is 2. The third-order valence-corrected chi connectivity index (χ3v) is 5.48. The van der Waals surface area contributed by atoms with Gasteiger partial charge in [0.25, 0.3) is 0 Å². The van der Waals surface area contributed by atoms with E-state index in [0.717, 1.165) is 59.3 Å². The van der Waals surface area contributed by atoms with Crippen LogP contribution < -0.4 is 33.9 Å². The highest BCUT2D eigenvalue weighted by molar-refractivity contribution is 6.13. The monoisotopic (exact) mass is 492 g/mol. The summed E-state index contributed by atoms with van der Waals surface area (Å²) in [5, 5.41) is 5.73. The maximum absolute atomic E-state index is 13.9. The average molecular weight is 492 g/mol. The Kier molecular flexibility index (Phi) is 6.40. The Labute approximate surface area is 181 Å². The third-order valence-electron chi connectivity index (χ3n) is 5.48. The van der Waals surface area contributed by atoms with E-state index < -0.39 is 0 Å². The minimum absolute atomic E-state index is 0. The van der Waals surface area contributed by atoms with Crippen LogP contribution in [0.25, 0.3) is 32.8 Å². The molecule has 0 aliphatic carbocycles. The van der Waals surface area contributed by atoms with Gasteiger partial charge in [0.2, 0.25) is 11.0 Å². The first-order valence-electron chi connectivity index (χ1n) is 9.62. The number of hydrogen-bond acceptors (Lipinski definition) is 2. The second-order valence-electron chi connectivity index (χ2n) is 6.94. The first-order valence-corrected chi connectivity index (χ1v) is 9.62. The van der Waals surface area contributed by atoms with Crippen molar-refractivity contribution < 1.29 is 32.9 Å². The number of pyridine rings is 1. The summed E-state index contributed by atoms with van der Waals surface area (Å²) < 4.78 is 16.1. The van der Waals surface area contributed by atoms with Crippen LogP contribution in [0, 0.1) is 5.82 Å². The zero-order valence-corrected chi connectivity index (χ0v) is 18.7. The van der Waals surface area contributed by atoms with E-state index in [2.05, 4.69) is 51.8 Å². The Balaban J connectivity index is 0.00000225. The van der Waals surface area contributed by atoms with Crippen LogP contribution in [0.1, 0.15) is 13.8 Å². The molecule has 0 bridgehead atoms. The van der Waals surface area contributed by atoms with E-state index in [-0.39, 0.29) is 29.8 Å². The molecule has 0 fully saturated rings. The molecule has 0 aliphatic heterocycles. The smallest absolute Gasteiger partial charge is 0.240 e. The molecule has 28 heavy (non-hydrogen) atoms. The van der Waals surface area contributed by atoms with Crippen LogP contribution in [0.3, 0.4) is 0 Å². The molecule has 0 unspecified atom stereocenters. The molecule has 4 aromatic rings. The fourth-order valence-electron chi connectivity index (χ4n) is 3.97. The van der Waals surface area contributed by atoms with Gasteiger partial charge < -0.3 is 39.2 Å². The van der Waals surface area contributed by atoms with Crippen LogP contribution in [-0.2, 0) is 7.05 Å². The number of likely N-dealkylation sites (N-methyl/N-ethyl adjacent to an activating group) is 1. The first-order chi connectivity index (χ1) is 13.1. The molecule has 6 heteroatoms. The lowest BCUT2D eigenvalue weighted by Gasteiger charge is -2.19. The van der Waals surface area contributed by atoms with Crippen LogP contribution in [0.2, 0.25) is 0 Å². The number of hydrogen-bond donors (Lipinski definition) is 2. The fourth-order valence-corrected chi connectivity index (χ4v) is 3.97. The van der Waals surface area contributed by atoms with Crippen molar-refractivity contribution in [2.75, 3.05) is 31.5 Å². The average Bonchev–Trinajstić information content (AvgIpc) is 3.06. The van der Waals surface area contributed by atoms with Crippen molar-refractivity contribution in [3.8, 4) is 0 Å². The molecule has 148 valence electrons. The molecule has 0 radical (unpaired) electrons. The standard InChI is InChI=1S/C22H25FN4.HI/c1-4-27(5-2)13-12-24-20-16-8-6-7-9-19(16)26(3)22-17-14-15(23)10-11-18(17)25-21(20)22;/h6-11,14H,4-5,12-13H2,1-3H3,(H,24,25);1H. The van der Waals surface area contributed by atoms with Gasteiger partial charge in [-0.2, -0.15) is 4.57 Å². The minimum atomic E-state index is -0.215. The van der Waals surface area contributed by atoms with E-state index in [0.29, 0.717) is 0 Å². The Morgan fingerprint density at radius 1 is 1.07 bits per heavy atom. The van der Waals surface area contributed by atoms with Crippen LogP contribution in [0.4, 0.5) is 10.1 Å². The highest BCUT2D eigenvalue weighted by Gasteiger charge is 2.22. The van der Waals surface area contributed by atoms with Gasteiger partial charge >= 0.3 is 0 Å². The Bertz CT molecular complexity index is 1120.